The van der Waals surface area contributed by atoms with Gasteiger partial charge in [0.05, 0.1) is 17.5 Å². The zero-order valence-electron chi connectivity index (χ0n) is 15.3. The summed E-state index contributed by atoms with van der Waals surface area (Å²) in [5.74, 6) is -0.683. The lowest BCUT2D eigenvalue weighted by Crippen LogP contribution is -2.31. The first-order valence-corrected chi connectivity index (χ1v) is 9.93. The number of likely N-dealkylation sites (N-methyl/N-ethyl adjacent to an activating group) is 1. The second kappa shape index (κ2) is 9.82. The van der Waals surface area contributed by atoms with Crippen molar-refractivity contribution < 1.29 is 22.3 Å². The van der Waals surface area contributed by atoms with Crippen LogP contribution < -0.4 is 9.46 Å². The highest BCUT2D eigenvalue weighted by molar-refractivity contribution is 7.89. The van der Waals surface area contributed by atoms with Crippen LogP contribution in [0.4, 0.5) is 4.39 Å². The summed E-state index contributed by atoms with van der Waals surface area (Å²) < 4.78 is 45.2. The normalized spacial score (nSPS) is 10.9. The Hall–Kier alpha value is -2.96. The SMILES string of the molecule is CN(CCOc1ccccc1F)C(=O)c1ccc(S(=O)(=O)NCCC#N)cc1. The van der Waals surface area contributed by atoms with Gasteiger partial charge in [0.2, 0.25) is 10.0 Å². The van der Waals surface area contributed by atoms with Crippen molar-refractivity contribution >= 4 is 15.9 Å². The van der Waals surface area contributed by atoms with Gasteiger partial charge in [-0.15, -0.1) is 0 Å². The van der Waals surface area contributed by atoms with Crippen LogP contribution >= 0.6 is 0 Å². The molecular formula is C19H20FN3O4S. The Kier molecular flexibility index (Phi) is 7.49. The van der Waals surface area contributed by atoms with Crippen molar-refractivity contribution in [3.05, 3.63) is 59.9 Å². The molecule has 0 spiro atoms. The van der Waals surface area contributed by atoms with Gasteiger partial charge in [0.1, 0.15) is 6.61 Å². The van der Waals surface area contributed by atoms with Crippen LogP contribution in [-0.2, 0) is 10.0 Å². The molecule has 0 bridgehead atoms. The quantitative estimate of drug-likeness (QED) is 0.645. The van der Waals surface area contributed by atoms with Crippen molar-refractivity contribution in [1.29, 1.82) is 5.26 Å². The van der Waals surface area contributed by atoms with E-state index >= 15 is 0 Å². The number of carbonyl (C=O) groups excluding carboxylic acids is 1. The van der Waals surface area contributed by atoms with Crippen molar-refractivity contribution in [3.8, 4) is 11.8 Å². The van der Waals surface area contributed by atoms with Gasteiger partial charge in [-0.3, -0.25) is 4.79 Å². The van der Waals surface area contributed by atoms with E-state index in [4.69, 9.17) is 10.00 Å². The summed E-state index contributed by atoms with van der Waals surface area (Å²) in [7, 11) is -2.16. The molecule has 2 rings (SSSR count). The van der Waals surface area contributed by atoms with E-state index in [2.05, 4.69) is 4.72 Å². The lowest BCUT2D eigenvalue weighted by molar-refractivity contribution is 0.0773. The monoisotopic (exact) mass is 405 g/mol. The summed E-state index contributed by atoms with van der Waals surface area (Å²) >= 11 is 0. The van der Waals surface area contributed by atoms with Gasteiger partial charge in [0.25, 0.3) is 5.91 Å². The Labute approximate surface area is 163 Å². The van der Waals surface area contributed by atoms with Crippen molar-refractivity contribution in [2.24, 2.45) is 0 Å². The van der Waals surface area contributed by atoms with Gasteiger partial charge in [-0.05, 0) is 36.4 Å². The number of hydrogen-bond donors (Lipinski definition) is 1. The number of ether oxygens (including phenoxy) is 1. The first kappa shape index (κ1) is 21.3. The molecule has 28 heavy (non-hydrogen) atoms. The van der Waals surface area contributed by atoms with E-state index in [0.717, 1.165) is 0 Å². The van der Waals surface area contributed by atoms with E-state index in [0.29, 0.717) is 5.56 Å². The molecule has 0 aliphatic heterocycles. The Bertz CT molecular complexity index is 956. The molecule has 0 saturated carbocycles. The highest BCUT2D eigenvalue weighted by atomic mass is 32.2. The lowest BCUT2D eigenvalue weighted by Gasteiger charge is -2.18. The molecule has 148 valence electrons. The number of hydrogen-bond acceptors (Lipinski definition) is 5. The van der Waals surface area contributed by atoms with Gasteiger partial charge in [-0.1, -0.05) is 12.1 Å². The zero-order chi connectivity index (χ0) is 20.6. The molecule has 9 heteroatoms. The van der Waals surface area contributed by atoms with Crippen LogP contribution in [0.15, 0.2) is 53.4 Å². The maximum Gasteiger partial charge on any atom is 0.253 e. The molecular weight excluding hydrogens is 385 g/mol. The van der Waals surface area contributed by atoms with Crippen LogP contribution in [0.3, 0.4) is 0 Å². The molecule has 7 nitrogen and oxygen atoms in total. The number of amides is 1. The Morgan fingerprint density at radius 1 is 1.21 bits per heavy atom. The number of nitrogens with one attached hydrogen (secondary N) is 1. The van der Waals surface area contributed by atoms with Gasteiger partial charge in [0.15, 0.2) is 11.6 Å². The van der Waals surface area contributed by atoms with Crippen LogP contribution in [0, 0.1) is 17.1 Å². The lowest BCUT2D eigenvalue weighted by atomic mass is 10.2. The molecule has 0 atom stereocenters. The minimum absolute atomic E-state index is 0.00697. The smallest absolute Gasteiger partial charge is 0.253 e. The fourth-order valence-electron chi connectivity index (χ4n) is 2.28. The second-order valence-electron chi connectivity index (χ2n) is 5.84. The molecule has 0 aromatic heterocycles. The Morgan fingerprint density at radius 3 is 2.54 bits per heavy atom. The molecule has 0 saturated heterocycles. The summed E-state index contributed by atoms with van der Waals surface area (Å²) in [5.41, 5.74) is 0.310. The highest BCUT2D eigenvalue weighted by Gasteiger charge is 2.16. The number of nitrogens with zero attached hydrogens (tertiary/aromatic N) is 2. The summed E-state index contributed by atoms with van der Waals surface area (Å²) in [6, 6.07) is 13.3. The fourth-order valence-corrected chi connectivity index (χ4v) is 3.31. The highest BCUT2D eigenvalue weighted by Crippen LogP contribution is 2.15. The first-order valence-electron chi connectivity index (χ1n) is 8.44. The fraction of sp³-hybridized carbons (Fsp3) is 0.263. The third-order valence-corrected chi connectivity index (χ3v) is 5.28. The van der Waals surface area contributed by atoms with E-state index in [1.807, 2.05) is 6.07 Å². The minimum atomic E-state index is -3.73. The summed E-state index contributed by atoms with van der Waals surface area (Å²) in [4.78, 5) is 13.8. The van der Waals surface area contributed by atoms with Gasteiger partial charge < -0.3 is 9.64 Å². The molecule has 0 fully saturated rings. The molecule has 1 N–H and O–H groups in total. The Morgan fingerprint density at radius 2 is 1.89 bits per heavy atom. The number of nitriles is 1. The van der Waals surface area contributed by atoms with Gasteiger partial charge in [0, 0.05) is 25.6 Å². The number of para-hydroxylation sites is 1. The number of benzene rings is 2. The summed E-state index contributed by atoms with van der Waals surface area (Å²) in [5, 5.41) is 8.47. The predicted octanol–water partition coefficient (Wildman–Crippen LogP) is 2.17. The number of sulfonamides is 1. The number of carbonyl (C=O) groups is 1. The number of rotatable bonds is 9. The zero-order valence-corrected chi connectivity index (χ0v) is 16.1. The second-order valence-corrected chi connectivity index (χ2v) is 7.60. The molecule has 1 amide bonds. The average Bonchev–Trinajstić information content (AvgIpc) is 2.69. The van der Waals surface area contributed by atoms with Crippen LogP contribution in [-0.4, -0.2) is 46.0 Å². The number of halogens is 1. The van der Waals surface area contributed by atoms with Crippen LogP contribution in [0.25, 0.3) is 0 Å². The van der Waals surface area contributed by atoms with Crippen LogP contribution in [0.1, 0.15) is 16.8 Å². The average molecular weight is 405 g/mol. The molecule has 0 radical (unpaired) electrons. The molecule has 0 heterocycles. The van der Waals surface area contributed by atoms with E-state index in [1.165, 1.54) is 41.3 Å². The molecule has 0 unspecified atom stereocenters. The third-order valence-electron chi connectivity index (χ3n) is 3.81. The molecule has 2 aromatic carbocycles. The molecule has 2 aromatic rings. The van der Waals surface area contributed by atoms with E-state index in [9.17, 15) is 17.6 Å². The standard InChI is InChI=1S/C19H20FN3O4S/c1-23(13-14-27-18-6-3-2-5-17(18)20)19(24)15-7-9-16(10-8-15)28(25,26)22-12-4-11-21/h2-3,5-10,22H,4,12-14H2,1H3. The van der Waals surface area contributed by atoms with Crippen molar-refractivity contribution in [1.82, 2.24) is 9.62 Å². The molecule has 0 aliphatic carbocycles. The van der Waals surface area contributed by atoms with Crippen LogP contribution in [0.5, 0.6) is 5.75 Å². The molecule has 0 aliphatic rings. The van der Waals surface area contributed by atoms with Crippen molar-refractivity contribution in [2.75, 3.05) is 26.7 Å². The van der Waals surface area contributed by atoms with E-state index in [1.54, 1.807) is 19.2 Å². The van der Waals surface area contributed by atoms with E-state index in [-0.39, 0.29) is 42.7 Å². The van der Waals surface area contributed by atoms with Crippen LogP contribution in [0.2, 0.25) is 0 Å². The maximum absolute atomic E-state index is 13.5. The largest absolute Gasteiger partial charge is 0.489 e. The van der Waals surface area contributed by atoms with Gasteiger partial charge in [-0.25, -0.2) is 17.5 Å². The third kappa shape index (κ3) is 5.77. The topological polar surface area (TPSA) is 99.5 Å². The van der Waals surface area contributed by atoms with Gasteiger partial charge >= 0.3 is 0 Å². The first-order chi connectivity index (χ1) is 13.3. The van der Waals surface area contributed by atoms with Crippen molar-refractivity contribution in [2.45, 2.75) is 11.3 Å². The predicted molar refractivity (Wildman–Crippen MR) is 101 cm³/mol. The Balaban J connectivity index is 1.92. The minimum Gasteiger partial charge on any atom is -0.489 e. The summed E-state index contributed by atoms with van der Waals surface area (Å²) in [6.45, 7) is 0.353. The maximum atomic E-state index is 13.5. The summed E-state index contributed by atoms with van der Waals surface area (Å²) in [6.07, 6.45) is 0.0650. The van der Waals surface area contributed by atoms with Gasteiger partial charge in [-0.2, -0.15) is 5.26 Å². The van der Waals surface area contributed by atoms with E-state index < -0.39 is 15.8 Å². The van der Waals surface area contributed by atoms with Crippen molar-refractivity contribution in [3.63, 3.8) is 0 Å².